The molecule has 1 heterocycles. The molecule has 0 saturated heterocycles. The van der Waals surface area contributed by atoms with Crippen molar-refractivity contribution in [1.29, 1.82) is 0 Å². The zero-order valence-corrected chi connectivity index (χ0v) is 10.2. The molecule has 0 spiro atoms. The van der Waals surface area contributed by atoms with Crippen LogP contribution in [0.4, 0.5) is 0 Å². The lowest BCUT2D eigenvalue weighted by molar-refractivity contribution is -0.139. The van der Waals surface area contributed by atoms with Crippen LogP contribution in [0.25, 0.3) is 0 Å². The lowest BCUT2D eigenvalue weighted by atomic mass is 10.1. The first-order chi connectivity index (χ1) is 8.06. The van der Waals surface area contributed by atoms with E-state index < -0.39 is 12.0 Å². The highest BCUT2D eigenvalue weighted by atomic mass is 35.5. The fraction of sp³-hybridized carbons (Fsp3) is 0.417. The summed E-state index contributed by atoms with van der Waals surface area (Å²) in [4.78, 5) is 10.6. The third-order valence-electron chi connectivity index (χ3n) is 2.79. The van der Waals surface area contributed by atoms with Crippen LogP contribution < -0.4 is 10.1 Å². The second kappa shape index (κ2) is 4.94. The van der Waals surface area contributed by atoms with Crippen LogP contribution >= 0.6 is 11.6 Å². The van der Waals surface area contributed by atoms with Gasteiger partial charge in [0.1, 0.15) is 17.9 Å². The normalized spacial score (nSPS) is 19.5. The maximum atomic E-state index is 10.6. The maximum Gasteiger partial charge on any atom is 0.320 e. The van der Waals surface area contributed by atoms with E-state index in [0.717, 1.165) is 17.7 Å². The largest absolute Gasteiger partial charge is 0.488 e. The summed E-state index contributed by atoms with van der Waals surface area (Å²) in [5.74, 6) is -0.0206. The van der Waals surface area contributed by atoms with Gasteiger partial charge in [0.15, 0.2) is 0 Å². The lowest BCUT2D eigenvalue weighted by Crippen LogP contribution is -2.40. The van der Waals surface area contributed by atoms with Crippen LogP contribution in [0.15, 0.2) is 18.2 Å². The van der Waals surface area contributed by atoms with Crippen molar-refractivity contribution < 1.29 is 14.6 Å². The van der Waals surface area contributed by atoms with E-state index in [-0.39, 0.29) is 6.10 Å². The Morgan fingerprint density at radius 1 is 1.71 bits per heavy atom. The molecule has 5 heteroatoms. The van der Waals surface area contributed by atoms with E-state index in [1.807, 2.05) is 12.1 Å². The predicted octanol–water partition coefficient (Wildman–Crippen LogP) is 1.71. The van der Waals surface area contributed by atoms with Crippen LogP contribution in [-0.2, 0) is 11.2 Å². The van der Waals surface area contributed by atoms with Gasteiger partial charge in [-0.05, 0) is 30.7 Å². The molecule has 2 rings (SSSR count). The van der Waals surface area contributed by atoms with E-state index >= 15 is 0 Å². The van der Waals surface area contributed by atoms with E-state index in [4.69, 9.17) is 21.4 Å². The lowest BCUT2D eigenvalue weighted by Gasteiger charge is -2.14. The number of nitrogens with one attached hydrogen (secondary N) is 1. The molecule has 1 unspecified atom stereocenters. The van der Waals surface area contributed by atoms with Crippen molar-refractivity contribution in [2.24, 2.45) is 0 Å². The fourth-order valence-corrected chi connectivity index (χ4v) is 1.99. The molecule has 0 bridgehead atoms. The van der Waals surface area contributed by atoms with Crippen molar-refractivity contribution >= 4 is 17.6 Å². The molecule has 1 aromatic rings. The van der Waals surface area contributed by atoms with E-state index in [9.17, 15) is 4.79 Å². The average molecular weight is 256 g/mol. The summed E-state index contributed by atoms with van der Waals surface area (Å²) in [6.45, 7) is 2.13. The highest BCUT2D eigenvalue weighted by molar-refractivity contribution is 6.30. The minimum atomic E-state index is -0.858. The van der Waals surface area contributed by atoms with Gasteiger partial charge in [0, 0.05) is 18.0 Å². The number of hydrogen-bond acceptors (Lipinski definition) is 3. The third kappa shape index (κ3) is 2.90. The number of carboxylic acid groups (broad SMARTS) is 1. The van der Waals surface area contributed by atoms with Gasteiger partial charge in [-0.1, -0.05) is 11.6 Å². The van der Waals surface area contributed by atoms with Crippen molar-refractivity contribution in [2.45, 2.75) is 25.5 Å². The molecule has 0 aliphatic carbocycles. The summed E-state index contributed by atoms with van der Waals surface area (Å²) in [7, 11) is 0. The molecule has 2 N–H and O–H groups in total. The summed E-state index contributed by atoms with van der Waals surface area (Å²) in [5.41, 5.74) is 1.08. The summed E-state index contributed by atoms with van der Waals surface area (Å²) < 4.78 is 5.68. The fourth-order valence-electron chi connectivity index (χ4n) is 1.80. The number of benzene rings is 1. The summed E-state index contributed by atoms with van der Waals surface area (Å²) in [5, 5.41) is 12.4. The van der Waals surface area contributed by atoms with Crippen molar-refractivity contribution in [3.63, 3.8) is 0 Å². The molecule has 0 saturated carbocycles. The molecule has 0 fully saturated rings. The molecule has 0 radical (unpaired) electrons. The van der Waals surface area contributed by atoms with Gasteiger partial charge in [0.25, 0.3) is 0 Å². The quantitative estimate of drug-likeness (QED) is 0.860. The first kappa shape index (κ1) is 12.2. The molecule has 4 nitrogen and oxygen atoms in total. The average Bonchev–Trinajstić information content (AvgIpc) is 2.67. The minimum absolute atomic E-state index is 0.0229. The second-order valence-corrected chi connectivity index (χ2v) is 4.60. The number of fused-ring (bicyclic) bond motifs is 1. The van der Waals surface area contributed by atoms with Crippen LogP contribution in [0.5, 0.6) is 5.75 Å². The Morgan fingerprint density at radius 2 is 2.47 bits per heavy atom. The van der Waals surface area contributed by atoms with Gasteiger partial charge in [-0.25, -0.2) is 0 Å². The number of hydrogen-bond donors (Lipinski definition) is 2. The SMILES string of the molecule is C[C@@H](NCC1Cc2cc(Cl)ccc2O1)C(=O)O. The maximum absolute atomic E-state index is 10.6. The number of carboxylic acids is 1. The predicted molar refractivity (Wildman–Crippen MR) is 64.7 cm³/mol. The molecule has 0 aromatic heterocycles. The summed E-state index contributed by atoms with van der Waals surface area (Å²) in [6.07, 6.45) is 0.736. The molecular weight excluding hydrogens is 242 g/mol. The summed E-state index contributed by atoms with van der Waals surface area (Å²) >= 11 is 5.89. The Bertz CT molecular complexity index is 436. The smallest absolute Gasteiger partial charge is 0.320 e. The number of halogens is 1. The van der Waals surface area contributed by atoms with Crippen LogP contribution in [-0.4, -0.2) is 29.8 Å². The van der Waals surface area contributed by atoms with E-state index in [1.54, 1.807) is 13.0 Å². The van der Waals surface area contributed by atoms with Crippen molar-refractivity contribution in [3.05, 3.63) is 28.8 Å². The highest BCUT2D eigenvalue weighted by Crippen LogP contribution is 2.30. The molecule has 0 amide bonds. The van der Waals surface area contributed by atoms with Gasteiger partial charge in [-0.15, -0.1) is 0 Å². The van der Waals surface area contributed by atoms with Gasteiger partial charge in [-0.3, -0.25) is 4.79 Å². The first-order valence-corrected chi connectivity index (χ1v) is 5.85. The molecule has 1 aliphatic heterocycles. The van der Waals surface area contributed by atoms with Gasteiger partial charge in [0.2, 0.25) is 0 Å². The van der Waals surface area contributed by atoms with Gasteiger partial charge >= 0.3 is 5.97 Å². The van der Waals surface area contributed by atoms with Gasteiger partial charge in [-0.2, -0.15) is 0 Å². The van der Waals surface area contributed by atoms with Gasteiger partial charge < -0.3 is 15.2 Å². The standard InChI is InChI=1S/C12H14ClNO3/c1-7(12(15)16)14-6-10-5-8-4-9(13)2-3-11(8)17-10/h2-4,7,10,14H,5-6H2,1H3,(H,15,16)/t7-,10?/m1/s1. The molecule has 2 atom stereocenters. The Morgan fingerprint density at radius 3 is 3.18 bits per heavy atom. The van der Waals surface area contributed by atoms with Crippen molar-refractivity contribution in [1.82, 2.24) is 5.32 Å². The molecule has 1 aromatic carbocycles. The number of carbonyl (C=O) groups is 1. The van der Waals surface area contributed by atoms with Crippen molar-refractivity contribution in [3.8, 4) is 5.75 Å². The van der Waals surface area contributed by atoms with E-state index in [1.165, 1.54) is 0 Å². The van der Waals surface area contributed by atoms with Crippen LogP contribution in [0.1, 0.15) is 12.5 Å². The zero-order valence-electron chi connectivity index (χ0n) is 9.44. The van der Waals surface area contributed by atoms with Crippen molar-refractivity contribution in [2.75, 3.05) is 6.54 Å². The first-order valence-electron chi connectivity index (χ1n) is 5.47. The number of rotatable bonds is 4. The minimum Gasteiger partial charge on any atom is -0.488 e. The summed E-state index contributed by atoms with van der Waals surface area (Å²) in [6, 6.07) is 4.96. The Balaban J connectivity index is 1.90. The topological polar surface area (TPSA) is 58.6 Å². The molecule has 17 heavy (non-hydrogen) atoms. The third-order valence-corrected chi connectivity index (χ3v) is 3.02. The van der Waals surface area contributed by atoms with E-state index in [2.05, 4.69) is 5.32 Å². The Hall–Kier alpha value is -1.26. The molecule has 92 valence electrons. The Kier molecular flexibility index (Phi) is 3.54. The molecular formula is C12H14ClNO3. The van der Waals surface area contributed by atoms with E-state index in [0.29, 0.717) is 11.6 Å². The Labute approximate surface area is 105 Å². The highest BCUT2D eigenvalue weighted by Gasteiger charge is 2.23. The van der Waals surface area contributed by atoms with Crippen LogP contribution in [0.2, 0.25) is 5.02 Å². The van der Waals surface area contributed by atoms with Crippen LogP contribution in [0, 0.1) is 0 Å². The zero-order chi connectivity index (χ0) is 12.4. The monoisotopic (exact) mass is 255 g/mol. The number of aliphatic carboxylic acids is 1. The second-order valence-electron chi connectivity index (χ2n) is 4.16. The number of ether oxygens (including phenoxy) is 1. The van der Waals surface area contributed by atoms with Gasteiger partial charge in [0.05, 0.1) is 0 Å². The molecule has 1 aliphatic rings. The van der Waals surface area contributed by atoms with Crippen LogP contribution in [0.3, 0.4) is 0 Å².